The number of hydrogen-bond donors (Lipinski definition) is 0. The summed E-state index contributed by atoms with van der Waals surface area (Å²) in [4.78, 5) is 0. The van der Waals surface area contributed by atoms with Crippen molar-refractivity contribution in [3.8, 4) is 33.8 Å². The van der Waals surface area contributed by atoms with Crippen LogP contribution >= 0.6 is 0 Å². The Hall–Kier alpha value is -4.89. The Labute approximate surface area is 300 Å². The van der Waals surface area contributed by atoms with Crippen LogP contribution in [0.4, 0.5) is 0 Å². The number of pyridine rings is 3. The van der Waals surface area contributed by atoms with Crippen molar-refractivity contribution < 1.29 is 17.8 Å². The topological polar surface area (TPSA) is 11.6 Å². The number of aromatic nitrogens is 3. The van der Waals surface area contributed by atoms with Gasteiger partial charge in [0.15, 0.2) is 18.6 Å². The van der Waals surface area contributed by atoms with Gasteiger partial charge in [0.1, 0.15) is 21.1 Å². The molecule has 0 aliphatic carbocycles. The second-order valence-corrected chi connectivity index (χ2v) is 13.3. The predicted molar refractivity (Wildman–Crippen MR) is 206 cm³/mol. The molecule has 0 atom stereocenters. The van der Waals surface area contributed by atoms with Gasteiger partial charge in [0.25, 0.3) is 0 Å². The molecule has 49 heavy (non-hydrogen) atoms. The zero-order valence-corrected chi connectivity index (χ0v) is 31.2. The van der Waals surface area contributed by atoms with Gasteiger partial charge in [0.2, 0.25) is 17.1 Å². The predicted octanol–water partition coefficient (Wildman–Crippen LogP) is 9.76. The molecule has 0 saturated carbocycles. The quantitative estimate of drug-likeness (QED) is 0.164. The number of nitrogens with zero attached hydrogens (tertiary/aromatic N) is 3. The van der Waals surface area contributed by atoms with Gasteiger partial charge in [-0.1, -0.05) is 75.4 Å². The van der Waals surface area contributed by atoms with E-state index in [1.165, 1.54) is 50.3 Å². The third kappa shape index (κ3) is 9.38. The third-order valence-corrected chi connectivity index (χ3v) is 9.17. The number of benzene rings is 3. The van der Waals surface area contributed by atoms with Crippen molar-refractivity contribution in [3.63, 3.8) is 0 Å². The average molecular weight is 654 g/mol. The van der Waals surface area contributed by atoms with E-state index in [4.69, 9.17) is 4.11 Å². The minimum Gasteiger partial charge on any atom is -0.201 e. The van der Waals surface area contributed by atoms with Crippen molar-refractivity contribution in [3.05, 3.63) is 161 Å². The summed E-state index contributed by atoms with van der Waals surface area (Å²) in [5.41, 5.74) is 15.1. The van der Waals surface area contributed by atoms with Crippen molar-refractivity contribution in [2.45, 2.75) is 67.7 Å². The van der Waals surface area contributed by atoms with Gasteiger partial charge in [-0.2, -0.15) is 0 Å². The lowest BCUT2D eigenvalue weighted by Gasteiger charge is -2.07. The van der Waals surface area contributed by atoms with Crippen LogP contribution in [0.5, 0.6) is 0 Å². The summed E-state index contributed by atoms with van der Waals surface area (Å²) < 4.78 is 29.0. The van der Waals surface area contributed by atoms with Gasteiger partial charge in [0, 0.05) is 55.7 Å². The van der Waals surface area contributed by atoms with Crippen LogP contribution in [-0.4, -0.2) is 0 Å². The number of rotatable bonds is 5. The maximum absolute atomic E-state index is 7.55. The highest BCUT2D eigenvalue weighted by Crippen LogP contribution is 2.23. The van der Waals surface area contributed by atoms with Gasteiger partial charge >= 0.3 is 0 Å². The van der Waals surface area contributed by atoms with Crippen LogP contribution in [0.1, 0.15) is 69.7 Å². The maximum atomic E-state index is 7.55. The summed E-state index contributed by atoms with van der Waals surface area (Å²) in [5, 5.41) is 0. The Morgan fingerprint density at radius 3 is 1.39 bits per heavy atom. The third-order valence-electron chi connectivity index (χ3n) is 9.17. The average Bonchev–Trinajstić information content (AvgIpc) is 3.10. The Morgan fingerprint density at radius 1 is 0.510 bits per heavy atom. The second-order valence-electron chi connectivity index (χ2n) is 13.3. The fraction of sp³-hybridized carbons (Fsp3) is 0.283. The van der Waals surface area contributed by atoms with E-state index in [1.54, 1.807) is 6.20 Å². The number of aryl methyl sites for hydroxylation is 9. The van der Waals surface area contributed by atoms with Gasteiger partial charge in [-0.05, 0) is 99.5 Å². The normalized spacial score (nSPS) is 11.8. The fourth-order valence-electron chi connectivity index (χ4n) is 6.00. The Kier molecular flexibility index (Phi) is 11.3. The fourth-order valence-corrected chi connectivity index (χ4v) is 6.00. The molecule has 0 bridgehead atoms. The van der Waals surface area contributed by atoms with Gasteiger partial charge in [-0.25, -0.2) is 13.7 Å². The van der Waals surface area contributed by atoms with Crippen molar-refractivity contribution >= 4 is 0 Å². The smallest absolute Gasteiger partial charge is 0.201 e. The van der Waals surface area contributed by atoms with E-state index in [0.29, 0.717) is 11.5 Å². The molecule has 3 aromatic carbocycles. The van der Waals surface area contributed by atoms with Crippen LogP contribution in [0.15, 0.2) is 122 Å². The standard InChI is InChI=1S/C16H20N.2C15H18N/c1-12(2)14-9-10-16(17(4)11-14)15-8-6-5-7-13(15)3;1-11-7-5-6-8-14(11)15-9-12(2)13(3)10-16(15)4;1-4-13-9-10-15(16(3)11-13)14-8-6-5-7-12(14)2/h5-12H,1-4H3;5-10H,1-4H3;5-11H,4H2,1-3H3/q3*+1/i;3D3;. The molecule has 0 aliphatic heterocycles. The van der Waals surface area contributed by atoms with Crippen LogP contribution in [0.2, 0.25) is 0 Å². The summed E-state index contributed by atoms with van der Waals surface area (Å²) in [5.74, 6) is 0.576. The van der Waals surface area contributed by atoms with E-state index in [9.17, 15) is 0 Å². The van der Waals surface area contributed by atoms with Gasteiger partial charge in [-0.3, -0.25) is 0 Å². The van der Waals surface area contributed by atoms with Crippen molar-refractivity contribution in [2.75, 3.05) is 0 Å². The molecule has 3 heterocycles. The maximum Gasteiger partial charge on any atom is 0.212 e. The van der Waals surface area contributed by atoms with Crippen LogP contribution < -0.4 is 13.7 Å². The molecular formula is C46H56N3+3. The van der Waals surface area contributed by atoms with Crippen LogP contribution in [0.3, 0.4) is 0 Å². The van der Waals surface area contributed by atoms with E-state index in [0.717, 1.165) is 23.2 Å². The molecular weight excluding hydrogens is 595 g/mol. The molecule has 0 fully saturated rings. The van der Waals surface area contributed by atoms with Crippen molar-refractivity contribution in [1.29, 1.82) is 0 Å². The summed E-state index contributed by atoms with van der Waals surface area (Å²) in [7, 11) is 6.12. The minimum absolute atomic E-state index is 0.410. The molecule has 0 aliphatic rings. The lowest BCUT2D eigenvalue weighted by atomic mass is 10.0. The minimum atomic E-state index is -2.06. The molecule has 0 saturated heterocycles. The summed E-state index contributed by atoms with van der Waals surface area (Å²) >= 11 is 0. The SMILES string of the molecule is CCc1ccc(-c2ccccc2C)[n+](C)c1.Cc1ccccc1-c1ccc(C(C)C)c[n+]1C.[2H]C([2H])([2H])c1c[n+](C)c(-c2ccccc2C)cc1C. The molecule has 3 heteroatoms. The first-order valence-corrected chi connectivity index (χ1v) is 17.3. The van der Waals surface area contributed by atoms with Gasteiger partial charge in [-0.15, -0.1) is 0 Å². The van der Waals surface area contributed by atoms with Crippen LogP contribution in [0, 0.1) is 34.5 Å². The van der Waals surface area contributed by atoms with E-state index in [-0.39, 0.29) is 0 Å². The monoisotopic (exact) mass is 653 g/mol. The van der Waals surface area contributed by atoms with Crippen molar-refractivity contribution in [1.82, 2.24) is 0 Å². The summed E-state index contributed by atoms with van der Waals surface area (Å²) in [6.45, 7) is 12.8. The van der Waals surface area contributed by atoms with Crippen molar-refractivity contribution in [2.24, 2.45) is 21.1 Å². The lowest BCUT2D eigenvalue weighted by molar-refractivity contribution is -0.661. The largest absolute Gasteiger partial charge is 0.212 e. The molecule has 3 nitrogen and oxygen atoms in total. The molecule has 6 rings (SSSR count). The van der Waals surface area contributed by atoms with E-state index in [1.807, 2.05) is 36.7 Å². The zero-order chi connectivity index (χ0) is 38.2. The molecule has 252 valence electrons. The van der Waals surface area contributed by atoms with E-state index >= 15 is 0 Å². The molecule has 0 unspecified atom stereocenters. The molecule has 0 N–H and O–H groups in total. The first-order chi connectivity index (χ1) is 24.6. The molecule has 6 aromatic rings. The van der Waals surface area contributed by atoms with Gasteiger partial charge < -0.3 is 0 Å². The van der Waals surface area contributed by atoms with E-state index < -0.39 is 6.85 Å². The van der Waals surface area contributed by atoms with Crippen LogP contribution in [0.25, 0.3) is 33.8 Å². The highest BCUT2D eigenvalue weighted by atomic mass is 14.9. The summed E-state index contributed by atoms with van der Waals surface area (Å²) in [6, 6.07) is 36.0. The Balaban J connectivity index is 0.000000175. The molecule has 0 radical (unpaired) electrons. The summed E-state index contributed by atoms with van der Waals surface area (Å²) in [6.07, 6.45) is 7.24. The molecule has 3 aromatic heterocycles. The first kappa shape index (κ1) is 32.6. The van der Waals surface area contributed by atoms with Gasteiger partial charge in [0.05, 0.1) is 0 Å². The van der Waals surface area contributed by atoms with E-state index in [2.05, 4.69) is 162 Å². The lowest BCUT2D eigenvalue weighted by Crippen LogP contribution is -2.31. The Morgan fingerprint density at radius 2 is 0.959 bits per heavy atom. The highest BCUT2D eigenvalue weighted by molar-refractivity contribution is 5.62. The highest BCUT2D eigenvalue weighted by Gasteiger charge is 2.15. The Bertz CT molecular complexity index is 2130. The molecule has 0 spiro atoms. The molecule has 0 amide bonds. The zero-order valence-electron chi connectivity index (χ0n) is 34.2. The number of hydrogen-bond acceptors (Lipinski definition) is 0. The second kappa shape index (κ2) is 17.0. The van der Waals surface area contributed by atoms with Crippen LogP contribution in [-0.2, 0) is 27.6 Å². The first-order valence-electron chi connectivity index (χ1n) is 18.8.